The first kappa shape index (κ1) is 22.2. The number of rotatable bonds is 11. The van der Waals surface area contributed by atoms with Crippen LogP contribution in [0.1, 0.15) is 29.5 Å². The summed E-state index contributed by atoms with van der Waals surface area (Å²) in [6.45, 7) is 1.11. The quantitative estimate of drug-likeness (QED) is 0.400. The summed E-state index contributed by atoms with van der Waals surface area (Å²) in [6, 6.07) is 17.6. The van der Waals surface area contributed by atoms with E-state index in [1.54, 1.807) is 6.92 Å². The maximum atomic E-state index is 12.5. The standard InChI is InChI=1S/C19H20N2O7S/c1-14(19(22)29-13-18(28-21(25)26)12-27-20(23)24)17-9-5-8-16(11-17)10-15-6-3-2-4-7-15/h2-9,11,14,18H,10,12-13H2,1H3. The second-order valence-corrected chi connectivity index (χ2v) is 7.25. The molecule has 2 aromatic rings. The zero-order chi connectivity index (χ0) is 21.2. The Balaban J connectivity index is 1.96. The van der Waals surface area contributed by atoms with Crippen LogP contribution in [0.4, 0.5) is 0 Å². The lowest BCUT2D eigenvalue weighted by Crippen LogP contribution is -2.27. The summed E-state index contributed by atoms with van der Waals surface area (Å²) < 4.78 is 0. The fraction of sp³-hybridized carbons (Fsp3) is 0.316. The summed E-state index contributed by atoms with van der Waals surface area (Å²) in [4.78, 5) is 41.7. The lowest BCUT2D eigenvalue weighted by atomic mass is 9.97. The molecular formula is C19H20N2O7S. The van der Waals surface area contributed by atoms with Gasteiger partial charge in [-0.15, -0.1) is 20.2 Å². The number of hydrogen-bond acceptors (Lipinski definition) is 8. The van der Waals surface area contributed by atoms with Crippen LogP contribution in [0.2, 0.25) is 0 Å². The summed E-state index contributed by atoms with van der Waals surface area (Å²) in [5.41, 5.74) is 3.04. The van der Waals surface area contributed by atoms with Crippen LogP contribution < -0.4 is 0 Å². The molecule has 0 N–H and O–H groups in total. The van der Waals surface area contributed by atoms with Gasteiger partial charge in [0.05, 0.1) is 5.92 Å². The third kappa shape index (κ3) is 7.78. The van der Waals surface area contributed by atoms with Crippen LogP contribution in [0.3, 0.4) is 0 Å². The molecule has 0 aliphatic rings. The van der Waals surface area contributed by atoms with E-state index >= 15 is 0 Å². The summed E-state index contributed by atoms with van der Waals surface area (Å²) in [5.74, 6) is -0.592. The summed E-state index contributed by atoms with van der Waals surface area (Å²) >= 11 is 0.820. The van der Waals surface area contributed by atoms with Gasteiger partial charge in [0.1, 0.15) is 12.7 Å². The molecule has 0 heterocycles. The molecule has 29 heavy (non-hydrogen) atoms. The summed E-state index contributed by atoms with van der Waals surface area (Å²) in [5, 5.41) is 18.4. The topological polar surface area (TPSA) is 122 Å². The zero-order valence-electron chi connectivity index (χ0n) is 15.6. The van der Waals surface area contributed by atoms with Gasteiger partial charge < -0.3 is 9.68 Å². The van der Waals surface area contributed by atoms with E-state index in [-0.39, 0.29) is 10.9 Å². The lowest BCUT2D eigenvalue weighted by Gasteiger charge is -2.15. The smallest absolute Gasteiger partial charge is 0.294 e. The Morgan fingerprint density at radius 2 is 1.72 bits per heavy atom. The Hall–Kier alpha value is -3.14. The van der Waals surface area contributed by atoms with Gasteiger partial charge in [-0.1, -0.05) is 73.3 Å². The third-order valence-corrected chi connectivity index (χ3v) is 5.24. The first-order chi connectivity index (χ1) is 13.8. The molecular weight excluding hydrogens is 400 g/mol. The van der Waals surface area contributed by atoms with Crippen LogP contribution in [-0.4, -0.2) is 33.8 Å². The van der Waals surface area contributed by atoms with Gasteiger partial charge in [-0.3, -0.25) is 4.79 Å². The van der Waals surface area contributed by atoms with Crippen molar-refractivity contribution in [1.82, 2.24) is 0 Å². The van der Waals surface area contributed by atoms with Crippen LogP contribution in [0.5, 0.6) is 0 Å². The van der Waals surface area contributed by atoms with Crippen molar-refractivity contribution in [1.29, 1.82) is 0 Å². The van der Waals surface area contributed by atoms with Crippen molar-refractivity contribution in [3.63, 3.8) is 0 Å². The van der Waals surface area contributed by atoms with Crippen molar-refractivity contribution >= 4 is 16.9 Å². The second-order valence-electron chi connectivity index (χ2n) is 6.23. The molecule has 2 unspecified atom stereocenters. The number of hydrogen-bond donors (Lipinski definition) is 0. The van der Waals surface area contributed by atoms with Gasteiger partial charge in [0.15, 0.2) is 5.12 Å². The van der Waals surface area contributed by atoms with Gasteiger partial charge in [-0.05, 0) is 23.1 Å². The first-order valence-corrected chi connectivity index (χ1v) is 9.71. The van der Waals surface area contributed by atoms with E-state index in [4.69, 9.17) is 0 Å². The van der Waals surface area contributed by atoms with Crippen molar-refractivity contribution in [3.05, 3.63) is 91.5 Å². The predicted octanol–water partition coefficient (Wildman–Crippen LogP) is 3.43. The van der Waals surface area contributed by atoms with E-state index in [0.29, 0.717) is 0 Å². The highest BCUT2D eigenvalue weighted by molar-refractivity contribution is 8.13. The van der Waals surface area contributed by atoms with E-state index in [9.17, 15) is 25.0 Å². The third-order valence-electron chi connectivity index (χ3n) is 4.07. The molecule has 9 nitrogen and oxygen atoms in total. The van der Waals surface area contributed by atoms with Crippen molar-refractivity contribution in [3.8, 4) is 0 Å². The summed E-state index contributed by atoms with van der Waals surface area (Å²) in [7, 11) is 0. The van der Waals surface area contributed by atoms with Gasteiger partial charge in [0.25, 0.3) is 10.2 Å². The average molecular weight is 420 g/mol. The fourth-order valence-electron chi connectivity index (χ4n) is 2.61. The largest absolute Gasteiger partial charge is 0.312 e. The SMILES string of the molecule is CC(C(=O)SCC(CO[N+](=O)[O-])O[N+](=O)[O-])c1cccc(Cc2ccccc2)c1. The van der Waals surface area contributed by atoms with Gasteiger partial charge in [0.2, 0.25) is 0 Å². The minimum absolute atomic E-state index is 0.137. The van der Waals surface area contributed by atoms with Crippen LogP contribution in [0.25, 0.3) is 0 Å². The predicted molar refractivity (Wildman–Crippen MR) is 106 cm³/mol. The number of nitrogens with zero attached hydrogens (tertiary/aromatic N) is 2. The fourth-order valence-corrected chi connectivity index (χ4v) is 3.51. The molecule has 2 rings (SSSR count). The Morgan fingerprint density at radius 1 is 1.03 bits per heavy atom. The minimum Gasteiger partial charge on any atom is -0.312 e. The molecule has 0 spiro atoms. The van der Waals surface area contributed by atoms with Gasteiger partial charge >= 0.3 is 0 Å². The molecule has 0 aliphatic carbocycles. The second kappa shape index (κ2) is 11.0. The van der Waals surface area contributed by atoms with E-state index in [1.807, 2.05) is 54.6 Å². The number of benzene rings is 2. The van der Waals surface area contributed by atoms with Gasteiger partial charge in [0, 0.05) is 5.75 Å². The Morgan fingerprint density at radius 3 is 2.38 bits per heavy atom. The number of carbonyl (C=O) groups is 1. The molecule has 0 aliphatic heterocycles. The van der Waals surface area contributed by atoms with Crippen molar-refractivity contribution < 1.29 is 24.6 Å². The van der Waals surface area contributed by atoms with E-state index in [2.05, 4.69) is 9.68 Å². The molecule has 10 heteroatoms. The number of carbonyl (C=O) groups excluding carboxylic acids is 1. The monoisotopic (exact) mass is 420 g/mol. The van der Waals surface area contributed by atoms with Crippen LogP contribution in [-0.2, 0) is 20.9 Å². The Kier molecular flexibility index (Phi) is 8.41. The van der Waals surface area contributed by atoms with Crippen LogP contribution in [0, 0.1) is 20.2 Å². The average Bonchev–Trinajstić information content (AvgIpc) is 2.69. The highest BCUT2D eigenvalue weighted by Gasteiger charge is 2.21. The molecule has 154 valence electrons. The first-order valence-electron chi connectivity index (χ1n) is 8.73. The summed E-state index contributed by atoms with van der Waals surface area (Å²) in [6.07, 6.45) is -0.486. The van der Waals surface area contributed by atoms with Crippen molar-refractivity contribution in [2.24, 2.45) is 0 Å². The van der Waals surface area contributed by atoms with Crippen molar-refractivity contribution in [2.75, 3.05) is 12.4 Å². The molecule has 0 saturated heterocycles. The highest BCUT2D eigenvalue weighted by Crippen LogP contribution is 2.25. The maximum absolute atomic E-state index is 12.5. The van der Waals surface area contributed by atoms with Crippen molar-refractivity contribution in [2.45, 2.75) is 25.4 Å². The molecule has 0 bridgehead atoms. The molecule has 0 fully saturated rings. The zero-order valence-corrected chi connectivity index (χ0v) is 16.4. The highest BCUT2D eigenvalue weighted by atomic mass is 32.2. The minimum atomic E-state index is -1.22. The Labute approximate surface area is 171 Å². The normalized spacial score (nSPS) is 12.6. The van der Waals surface area contributed by atoms with E-state index in [1.165, 1.54) is 0 Å². The van der Waals surface area contributed by atoms with Gasteiger partial charge in [-0.2, -0.15) is 0 Å². The maximum Gasteiger partial charge on any atom is 0.294 e. The van der Waals surface area contributed by atoms with Gasteiger partial charge in [-0.25, -0.2) is 0 Å². The molecule has 2 atom stereocenters. The number of thioether (sulfide) groups is 1. The lowest BCUT2D eigenvalue weighted by molar-refractivity contribution is -0.788. The molecule has 0 amide bonds. The molecule has 0 saturated carbocycles. The molecule has 0 aromatic heterocycles. The van der Waals surface area contributed by atoms with E-state index in [0.717, 1.165) is 34.9 Å². The van der Waals surface area contributed by atoms with Crippen LogP contribution >= 0.6 is 11.8 Å². The van der Waals surface area contributed by atoms with E-state index < -0.39 is 28.8 Å². The molecule has 2 aromatic carbocycles. The molecule has 0 radical (unpaired) electrons. The Bertz CT molecular complexity index is 847. The van der Waals surface area contributed by atoms with Crippen LogP contribution in [0.15, 0.2) is 54.6 Å².